The van der Waals surface area contributed by atoms with Crippen molar-refractivity contribution in [1.82, 2.24) is 10.2 Å². The summed E-state index contributed by atoms with van der Waals surface area (Å²) in [5, 5.41) is 6.13. The first kappa shape index (κ1) is 12.8. The largest absolute Gasteiger partial charge is 0.355 e. The van der Waals surface area contributed by atoms with E-state index in [-0.39, 0.29) is 17.4 Å². The van der Waals surface area contributed by atoms with Gasteiger partial charge in [-0.3, -0.25) is 4.90 Å². The first-order chi connectivity index (χ1) is 8.37. The summed E-state index contributed by atoms with van der Waals surface area (Å²) < 4.78 is 12.7. The van der Waals surface area contributed by atoms with Gasteiger partial charge in [-0.15, -0.1) is 0 Å². The van der Waals surface area contributed by atoms with Crippen LogP contribution >= 0.6 is 12.2 Å². The Bertz CT molecular complexity index is 487. The molecule has 1 aromatic rings. The SMILES string of the molecule is CC1(C)CN(C(=O)Nc2ccc(F)cc2)C(=S)N1. The van der Waals surface area contributed by atoms with Crippen molar-refractivity contribution in [3.05, 3.63) is 30.1 Å². The highest BCUT2D eigenvalue weighted by molar-refractivity contribution is 7.80. The van der Waals surface area contributed by atoms with Gasteiger partial charge in [0.2, 0.25) is 0 Å². The second kappa shape index (κ2) is 4.53. The van der Waals surface area contributed by atoms with Gasteiger partial charge in [-0.1, -0.05) is 0 Å². The van der Waals surface area contributed by atoms with Crippen molar-refractivity contribution in [2.24, 2.45) is 0 Å². The molecule has 0 radical (unpaired) electrons. The molecule has 0 bridgehead atoms. The summed E-state index contributed by atoms with van der Waals surface area (Å²) in [5.41, 5.74) is 0.311. The average Bonchev–Trinajstić information content (AvgIpc) is 2.55. The van der Waals surface area contributed by atoms with Gasteiger partial charge in [0.25, 0.3) is 0 Å². The number of rotatable bonds is 1. The number of halogens is 1. The van der Waals surface area contributed by atoms with Crippen LogP contribution in [0.25, 0.3) is 0 Å². The van der Waals surface area contributed by atoms with Crippen LogP contribution in [0, 0.1) is 5.82 Å². The van der Waals surface area contributed by atoms with Crippen molar-refractivity contribution in [1.29, 1.82) is 0 Å². The van der Waals surface area contributed by atoms with Crippen molar-refractivity contribution in [2.45, 2.75) is 19.4 Å². The molecule has 0 aromatic heterocycles. The molecule has 1 aliphatic heterocycles. The number of nitrogens with one attached hydrogen (secondary N) is 2. The second-order valence-corrected chi connectivity index (χ2v) is 5.22. The standard InChI is InChI=1S/C12H14FN3OS/c1-12(2)7-16(11(18)15-12)10(17)14-9-5-3-8(13)4-6-9/h3-6H,7H2,1-2H3,(H,14,17)(H,15,18). The zero-order valence-corrected chi connectivity index (χ0v) is 11.0. The van der Waals surface area contributed by atoms with Gasteiger partial charge in [-0.25, -0.2) is 9.18 Å². The van der Waals surface area contributed by atoms with Gasteiger partial charge in [0, 0.05) is 5.69 Å². The maximum Gasteiger partial charge on any atom is 0.328 e. The first-order valence-corrected chi connectivity index (χ1v) is 5.94. The molecule has 18 heavy (non-hydrogen) atoms. The number of carbonyl (C=O) groups is 1. The van der Waals surface area contributed by atoms with Crippen molar-refractivity contribution in [3.63, 3.8) is 0 Å². The molecular formula is C12H14FN3OS. The van der Waals surface area contributed by atoms with Gasteiger partial charge >= 0.3 is 6.03 Å². The Labute approximate surface area is 110 Å². The van der Waals surface area contributed by atoms with Crippen LogP contribution in [0.1, 0.15) is 13.8 Å². The fraction of sp³-hybridized carbons (Fsp3) is 0.333. The predicted octanol–water partition coefficient (Wildman–Crippen LogP) is 2.33. The summed E-state index contributed by atoms with van der Waals surface area (Å²) in [4.78, 5) is 13.4. The summed E-state index contributed by atoms with van der Waals surface area (Å²) >= 11 is 5.10. The summed E-state index contributed by atoms with van der Waals surface area (Å²) in [6, 6.07) is 5.28. The van der Waals surface area contributed by atoms with E-state index in [4.69, 9.17) is 12.2 Å². The van der Waals surface area contributed by atoms with Gasteiger partial charge in [-0.2, -0.15) is 0 Å². The number of nitrogens with zero attached hydrogens (tertiary/aromatic N) is 1. The fourth-order valence-electron chi connectivity index (χ4n) is 1.75. The Morgan fingerprint density at radius 3 is 2.56 bits per heavy atom. The molecule has 1 saturated heterocycles. The van der Waals surface area contributed by atoms with Crippen LogP contribution in [-0.4, -0.2) is 28.1 Å². The molecule has 1 heterocycles. The van der Waals surface area contributed by atoms with Crippen LogP contribution in [0.5, 0.6) is 0 Å². The van der Waals surface area contributed by atoms with Gasteiger partial charge in [-0.05, 0) is 50.3 Å². The number of hydrogen-bond acceptors (Lipinski definition) is 2. The highest BCUT2D eigenvalue weighted by Crippen LogP contribution is 2.16. The average molecular weight is 267 g/mol. The van der Waals surface area contributed by atoms with E-state index in [0.717, 1.165) is 0 Å². The van der Waals surface area contributed by atoms with Gasteiger partial charge in [0.1, 0.15) is 5.82 Å². The lowest BCUT2D eigenvalue weighted by atomic mass is 10.1. The number of carbonyl (C=O) groups excluding carboxylic acids is 1. The monoisotopic (exact) mass is 267 g/mol. The number of thiocarbonyl (C=S) groups is 1. The van der Waals surface area contributed by atoms with E-state index < -0.39 is 0 Å². The zero-order valence-electron chi connectivity index (χ0n) is 10.2. The van der Waals surface area contributed by atoms with Gasteiger partial charge in [0.05, 0.1) is 12.1 Å². The molecule has 2 N–H and O–H groups in total. The first-order valence-electron chi connectivity index (χ1n) is 5.54. The number of amides is 2. The van der Waals surface area contributed by atoms with Crippen LogP contribution in [-0.2, 0) is 0 Å². The lowest BCUT2D eigenvalue weighted by Crippen LogP contribution is -2.37. The maximum absolute atomic E-state index is 12.7. The van der Waals surface area contributed by atoms with Crippen LogP contribution in [0.4, 0.5) is 14.9 Å². The third-order valence-corrected chi connectivity index (χ3v) is 2.91. The number of hydrogen-bond donors (Lipinski definition) is 2. The fourth-order valence-corrected chi connectivity index (χ4v) is 2.18. The van der Waals surface area contributed by atoms with E-state index in [1.807, 2.05) is 13.8 Å². The van der Waals surface area contributed by atoms with E-state index in [1.54, 1.807) is 0 Å². The van der Waals surface area contributed by atoms with Gasteiger partial charge < -0.3 is 10.6 Å². The lowest BCUT2D eigenvalue weighted by Gasteiger charge is -2.17. The van der Waals surface area contributed by atoms with E-state index >= 15 is 0 Å². The normalized spacial score (nSPS) is 17.5. The lowest BCUT2D eigenvalue weighted by molar-refractivity contribution is 0.233. The zero-order chi connectivity index (χ0) is 13.3. The Hall–Kier alpha value is -1.69. The molecule has 1 aliphatic rings. The minimum absolute atomic E-state index is 0.225. The van der Waals surface area contributed by atoms with Crippen molar-refractivity contribution in [3.8, 4) is 0 Å². The highest BCUT2D eigenvalue weighted by atomic mass is 32.1. The quantitative estimate of drug-likeness (QED) is 0.768. The molecule has 0 saturated carbocycles. The van der Waals surface area contributed by atoms with E-state index in [0.29, 0.717) is 17.3 Å². The van der Waals surface area contributed by atoms with Crippen molar-refractivity contribution < 1.29 is 9.18 Å². The number of anilines is 1. The van der Waals surface area contributed by atoms with Crippen molar-refractivity contribution >= 4 is 29.0 Å². The summed E-state index contributed by atoms with van der Waals surface area (Å²) in [6.07, 6.45) is 0. The topological polar surface area (TPSA) is 44.4 Å². The molecule has 0 aliphatic carbocycles. The molecule has 2 amide bonds. The van der Waals surface area contributed by atoms with Crippen molar-refractivity contribution in [2.75, 3.05) is 11.9 Å². The van der Waals surface area contributed by atoms with Gasteiger partial charge in [0.15, 0.2) is 5.11 Å². The van der Waals surface area contributed by atoms with Crippen LogP contribution in [0.15, 0.2) is 24.3 Å². The van der Waals surface area contributed by atoms with Crippen LogP contribution in [0.2, 0.25) is 0 Å². The van der Waals surface area contributed by atoms with Crippen LogP contribution < -0.4 is 10.6 Å². The minimum atomic E-state index is -0.340. The molecule has 1 aromatic carbocycles. The molecular weight excluding hydrogens is 253 g/mol. The number of urea groups is 1. The highest BCUT2D eigenvalue weighted by Gasteiger charge is 2.35. The molecule has 4 nitrogen and oxygen atoms in total. The summed E-state index contributed by atoms with van der Waals surface area (Å²) in [7, 11) is 0. The molecule has 96 valence electrons. The Morgan fingerprint density at radius 1 is 1.44 bits per heavy atom. The summed E-state index contributed by atoms with van der Waals surface area (Å²) in [6.45, 7) is 4.42. The Kier molecular flexibility index (Phi) is 3.21. The second-order valence-electron chi connectivity index (χ2n) is 4.84. The predicted molar refractivity (Wildman–Crippen MR) is 71.9 cm³/mol. The maximum atomic E-state index is 12.7. The number of benzene rings is 1. The van der Waals surface area contributed by atoms with E-state index in [1.165, 1.54) is 29.2 Å². The third kappa shape index (κ3) is 2.76. The molecule has 0 atom stereocenters. The Balaban J connectivity index is 2.05. The molecule has 2 rings (SSSR count). The summed E-state index contributed by atoms with van der Waals surface area (Å²) in [5.74, 6) is -0.340. The van der Waals surface area contributed by atoms with Crippen LogP contribution in [0.3, 0.4) is 0 Å². The van der Waals surface area contributed by atoms with E-state index in [2.05, 4.69) is 10.6 Å². The third-order valence-electron chi connectivity index (χ3n) is 2.58. The smallest absolute Gasteiger partial charge is 0.328 e. The minimum Gasteiger partial charge on any atom is -0.355 e. The molecule has 0 spiro atoms. The molecule has 6 heteroatoms. The molecule has 0 unspecified atom stereocenters. The van der Waals surface area contributed by atoms with E-state index in [9.17, 15) is 9.18 Å². The Morgan fingerprint density at radius 2 is 2.06 bits per heavy atom. The molecule has 1 fully saturated rings.